The molecule has 3 rings (SSSR count). The molecular weight excluding hydrogens is 266 g/mol. The second-order valence-corrected chi connectivity index (χ2v) is 8.12. The molecule has 0 radical (unpaired) electrons. The zero-order valence-electron chi connectivity index (χ0n) is 12.9. The Morgan fingerprint density at radius 2 is 1.90 bits per heavy atom. The first-order chi connectivity index (χ1) is 9.42. The minimum atomic E-state index is 0.451. The molecule has 0 saturated heterocycles. The summed E-state index contributed by atoms with van der Waals surface area (Å²) in [7, 11) is 0. The van der Waals surface area contributed by atoms with Gasteiger partial charge in [-0.2, -0.15) is 0 Å². The molecule has 1 unspecified atom stereocenters. The fourth-order valence-electron chi connectivity index (χ4n) is 4.82. The zero-order chi connectivity index (χ0) is 14.4. The van der Waals surface area contributed by atoms with Crippen LogP contribution in [0.25, 0.3) is 0 Å². The van der Waals surface area contributed by atoms with E-state index in [1.54, 1.807) is 0 Å². The Labute approximate surface area is 128 Å². The van der Waals surface area contributed by atoms with Gasteiger partial charge in [-0.1, -0.05) is 44.5 Å². The monoisotopic (exact) mass is 291 g/mol. The second kappa shape index (κ2) is 5.03. The van der Waals surface area contributed by atoms with E-state index in [0.717, 1.165) is 23.9 Å². The molecule has 2 aliphatic rings. The van der Waals surface area contributed by atoms with Crippen LogP contribution in [-0.2, 0) is 6.42 Å². The Morgan fingerprint density at radius 1 is 1.20 bits per heavy atom. The van der Waals surface area contributed by atoms with Crippen LogP contribution in [0, 0.1) is 16.7 Å². The van der Waals surface area contributed by atoms with Gasteiger partial charge in [-0.15, -0.1) is 0 Å². The lowest BCUT2D eigenvalue weighted by atomic mass is 9.68. The smallest absolute Gasteiger partial charge is 0.0406 e. The molecule has 1 aromatic rings. The maximum Gasteiger partial charge on any atom is 0.0406 e. The Bertz CT molecular complexity index is 474. The van der Waals surface area contributed by atoms with Crippen LogP contribution in [-0.4, -0.2) is 12.6 Å². The molecule has 1 N–H and O–H groups in total. The average Bonchev–Trinajstić information content (AvgIpc) is 2.87. The first-order valence-corrected chi connectivity index (χ1v) is 8.27. The Hall–Kier alpha value is -0.530. The van der Waals surface area contributed by atoms with Gasteiger partial charge in [-0.3, -0.25) is 0 Å². The van der Waals surface area contributed by atoms with Crippen molar-refractivity contribution in [3.05, 3.63) is 34.9 Å². The highest BCUT2D eigenvalue weighted by Gasteiger charge is 2.58. The summed E-state index contributed by atoms with van der Waals surface area (Å²) in [5.74, 6) is 0.917. The molecule has 0 heterocycles. The van der Waals surface area contributed by atoms with E-state index in [-0.39, 0.29) is 0 Å². The Kier molecular flexibility index (Phi) is 3.63. The number of fused-ring (bicyclic) bond motifs is 2. The zero-order valence-corrected chi connectivity index (χ0v) is 13.6. The largest absolute Gasteiger partial charge is 0.313 e. The van der Waals surface area contributed by atoms with Gasteiger partial charge in [0.1, 0.15) is 0 Å². The van der Waals surface area contributed by atoms with E-state index in [0.29, 0.717) is 16.9 Å². The highest BCUT2D eigenvalue weighted by Crippen LogP contribution is 2.62. The first-order valence-electron chi connectivity index (χ1n) is 7.90. The lowest BCUT2D eigenvalue weighted by Gasteiger charge is -2.43. The summed E-state index contributed by atoms with van der Waals surface area (Å²) in [6, 6.07) is 8.91. The van der Waals surface area contributed by atoms with Crippen molar-refractivity contribution in [2.45, 2.75) is 52.5 Å². The van der Waals surface area contributed by atoms with Gasteiger partial charge in [0.15, 0.2) is 0 Å². The Morgan fingerprint density at radius 3 is 2.50 bits per heavy atom. The molecule has 2 aliphatic carbocycles. The lowest BCUT2D eigenvalue weighted by Crippen LogP contribution is -2.50. The van der Waals surface area contributed by atoms with E-state index in [9.17, 15) is 0 Å². The van der Waals surface area contributed by atoms with E-state index in [2.05, 4.69) is 38.2 Å². The average molecular weight is 292 g/mol. The SMILES string of the molecule is CC1(C)C(NCCc2ccc(Cl)cc2)[C@]2(C)CC[C@H]1C2. The first kappa shape index (κ1) is 14.4. The van der Waals surface area contributed by atoms with E-state index in [1.807, 2.05) is 12.1 Å². The van der Waals surface area contributed by atoms with Crippen LogP contribution in [0.2, 0.25) is 5.02 Å². The minimum Gasteiger partial charge on any atom is -0.313 e. The van der Waals surface area contributed by atoms with Crippen molar-refractivity contribution in [3.8, 4) is 0 Å². The van der Waals surface area contributed by atoms with Gasteiger partial charge < -0.3 is 5.32 Å². The van der Waals surface area contributed by atoms with Crippen molar-refractivity contribution in [1.29, 1.82) is 0 Å². The van der Waals surface area contributed by atoms with Crippen LogP contribution in [0.1, 0.15) is 45.6 Å². The molecular formula is C18H26ClN. The van der Waals surface area contributed by atoms with Crippen LogP contribution in [0.5, 0.6) is 0 Å². The fourth-order valence-corrected chi connectivity index (χ4v) is 4.95. The molecule has 110 valence electrons. The van der Waals surface area contributed by atoms with Gasteiger partial charge in [-0.05, 0) is 66.7 Å². The van der Waals surface area contributed by atoms with E-state index >= 15 is 0 Å². The molecule has 2 fully saturated rings. The van der Waals surface area contributed by atoms with Gasteiger partial charge in [0.25, 0.3) is 0 Å². The molecule has 0 aliphatic heterocycles. The summed E-state index contributed by atoms with van der Waals surface area (Å²) in [5, 5.41) is 4.70. The standard InChI is InChI=1S/C18H26ClN/c1-17(2)14-8-10-18(3,12-14)16(17)20-11-9-13-4-6-15(19)7-5-13/h4-7,14,16,20H,8-12H2,1-3H3/t14-,16?,18+/m0/s1. The van der Waals surface area contributed by atoms with Crippen LogP contribution in [0.3, 0.4) is 0 Å². The molecule has 2 bridgehead atoms. The molecule has 1 nitrogen and oxygen atoms in total. The van der Waals surface area contributed by atoms with Gasteiger partial charge in [0.05, 0.1) is 0 Å². The van der Waals surface area contributed by atoms with Crippen LogP contribution >= 0.6 is 11.6 Å². The van der Waals surface area contributed by atoms with Gasteiger partial charge in [0.2, 0.25) is 0 Å². The molecule has 0 spiro atoms. The van der Waals surface area contributed by atoms with Crippen LogP contribution in [0.4, 0.5) is 0 Å². The summed E-state index contributed by atoms with van der Waals surface area (Å²) in [4.78, 5) is 0. The van der Waals surface area contributed by atoms with Crippen molar-refractivity contribution in [1.82, 2.24) is 5.32 Å². The highest BCUT2D eigenvalue weighted by atomic mass is 35.5. The number of benzene rings is 1. The lowest BCUT2D eigenvalue weighted by molar-refractivity contribution is 0.110. The molecule has 3 atom stereocenters. The van der Waals surface area contributed by atoms with Crippen molar-refractivity contribution in [2.75, 3.05) is 6.54 Å². The summed E-state index contributed by atoms with van der Waals surface area (Å²) in [6.45, 7) is 8.48. The number of halogens is 1. The highest BCUT2D eigenvalue weighted by molar-refractivity contribution is 6.30. The molecule has 2 saturated carbocycles. The van der Waals surface area contributed by atoms with Crippen molar-refractivity contribution in [3.63, 3.8) is 0 Å². The van der Waals surface area contributed by atoms with E-state index < -0.39 is 0 Å². The summed E-state index contributed by atoms with van der Waals surface area (Å²) < 4.78 is 0. The van der Waals surface area contributed by atoms with E-state index in [1.165, 1.54) is 24.8 Å². The minimum absolute atomic E-state index is 0.451. The topological polar surface area (TPSA) is 12.0 Å². The number of hydrogen-bond donors (Lipinski definition) is 1. The van der Waals surface area contributed by atoms with Crippen molar-refractivity contribution >= 4 is 11.6 Å². The fraction of sp³-hybridized carbons (Fsp3) is 0.667. The summed E-state index contributed by atoms with van der Waals surface area (Å²) in [6.07, 6.45) is 5.33. The number of rotatable bonds is 4. The number of hydrogen-bond acceptors (Lipinski definition) is 1. The molecule has 0 amide bonds. The summed E-state index contributed by atoms with van der Waals surface area (Å²) in [5.41, 5.74) is 2.34. The predicted molar refractivity (Wildman–Crippen MR) is 86.2 cm³/mol. The number of nitrogens with one attached hydrogen (secondary N) is 1. The van der Waals surface area contributed by atoms with Gasteiger partial charge >= 0.3 is 0 Å². The maximum atomic E-state index is 5.93. The molecule has 1 aromatic carbocycles. The van der Waals surface area contributed by atoms with E-state index in [4.69, 9.17) is 11.6 Å². The molecule has 0 aromatic heterocycles. The third-order valence-electron chi connectivity index (χ3n) is 5.95. The van der Waals surface area contributed by atoms with Gasteiger partial charge in [0, 0.05) is 11.1 Å². The second-order valence-electron chi connectivity index (χ2n) is 7.68. The molecule has 20 heavy (non-hydrogen) atoms. The Balaban J connectivity index is 1.60. The predicted octanol–water partition coefficient (Wildman–Crippen LogP) is 4.69. The van der Waals surface area contributed by atoms with Crippen LogP contribution < -0.4 is 5.32 Å². The summed E-state index contributed by atoms with van der Waals surface area (Å²) >= 11 is 5.93. The van der Waals surface area contributed by atoms with Gasteiger partial charge in [-0.25, -0.2) is 0 Å². The quantitative estimate of drug-likeness (QED) is 0.849. The third kappa shape index (κ3) is 2.40. The maximum absolute atomic E-state index is 5.93. The van der Waals surface area contributed by atoms with Crippen molar-refractivity contribution < 1.29 is 0 Å². The molecule has 2 heteroatoms. The third-order valence-corrected chi connectivity index (χ3v) is 6.20. The normalized spacial score (nSPS) is 34.6. The van der Waals surface area contributed by atoms with Crippen LogP contribution in [0.15, 0.2) is 24.3 Å². The van der Waals surface area contributed by atoms with Crippen molar-refractivity contribution in [2.24, 2.45) is 16.7 Å².